The molecule has 2 aromatic rings. The van der Waals surface area contributed by atoms with Crippen LogP contribution < -0.4 is 4.74 Å². The van der Waals surface area contributed by atoms with Crippen molar-refractivity contribution in [3.63, 3.8) is 0 Å². The van der Waals surface area contributed by atoms with E-state index in [1.165, 1.54) is 0 Å². The maximum Gasteiger partial charge on any atom is 0.233 e. The highest BCUT2D eigenvalue weighted by Gasteiger charge is 2.44. The van der Waals surface area contributed by atoms with Gasteiger partial charge in [-0.15, -0.1) is 5.10 Å². The van der Waals surface area contributed by atoms with Gasteiger partial charge in [0.25, 0.3) is 0 Å². The molecule has 3 heterocycles. The van der Waals surface area contributed by atoms with Crippen LogP contribution in [0.5, 0.6) is 5.88 Å². The summed E-state index contributed by atoms with van der Waals surface area (Å²) in [5.41, 5.74) is 0.647. The minimum absolute atomic E-state index is 0.0770. The Bertz CT molecular complexity index is 740. The van der Waals surface area contributed by atoms with Crippen LogP contribution in [0, 0.1) is 0 Å². The minimum Gasteiger partial charge on any atom is -0.473 e. The fraction of sp³-hybridized carbons (Fsp3) is 0.476. The number of ether oxygens (including phenoxy) is 2. The first-order valence-electron chi connectivity index (χ1n) is 9.65. The Morgan fingerprint density at radius 1 is 1.07 bits per heavy atom. The number of hydrogen-bond acceptors (Lipinski definition) is 5. The van der Waals surface area contributed by atoms with E-state index in [-0.39, 0.29) is 12.0 Å². The van der Waals surface area contributed by atoms with Crippen LogP contribution in [0.3, 0.4) is 0 Å². The number of likely N-dealkylation sites (tertiary alicyclic amines) is 1. The maximum atomic E-state index is 13.5. The van der Waals surface area contributed by atoms with Crippen LogP contribution in [0.25, 0.3) is 0 Å². The molecule has 2 aliphatic heterocycles. The second kappa shape index (κ2) is 8.05. The first kappa shape index (κ1) is 17.9. The number of benzene rings is 1. The van der Waals surface area contributed by atoms with Gasteiger partial charge in [0.15, 0.2) is 0 Å². The molecule has 0 radical (unpaired) electrons. The SMILES string of the molecule is O=C(N1CCC(Oc2cccnn2)CC1)C1(c2ccccc2)CCOCC1. The van der Waals surface area contributed by atoms with Crippen LogP contribution in [0.1, 0.15) is 31.2 Å². The fourth-order valence-electron chi connectivity index (χ4n) is 4.10. The minimum atomic E-state index is -0.460. The van der Waals surface area contributed by atoms with Crippen LogP contribution in [-0.4, -0.2) is 53.4 Å². The molecule has 2 saturated heterocycles. The van der Waals surface area contributed by atoms with E-state index in [4.69, 9.17) is 9.47 Å². The molecule has 0 unspecified atom stereocenters. The third-order valence-corrected chi connectivity index (χ3v) is 5.65. The molecule has 0 spiro atoms. The van der Waals surface area contributed by atoms with E-state index >= 15 is 0 Å². The Labute approximate surface area is 159 Å². The number of carbonyl (C=O) groups is 1. The lowest BCUT2D eigenvalue weighted by Crippen LogP contribution is -2.53. The summed E-state index contributed by atoms with van der Waals surface area (Å²) in [4.78, 5) is 15.6. The molecule has 0 aliphatic carbocycles. The Morgan fingerprint density at radius 2 is 1.81 bits per heavy atom. The fourth-order valence-corrected chi connectivity index (χ4v) is 4.10. The van der Waals surface area contributed by atoms with Gasteiger partial charge >= 0.3 is 0 Å². The summed E-state index contributed by atoms with van der Waals surface area (Å²) in [5, 5.41) is 7.83. The number of amides is 1. The monoisotopic (exact) mass is 367 g/mol. The van der Waals surface area contributed by atoms with E-state index < -0.39 is 5.41 Å². The van der Waals surface area contributed by atoms with Gasteiger partial charge in [0, 0.05) is 51.4 Å². The van der Waals surface area contributed by atoms with Crippen molar-refractivity contribution in [2.45, 2.75) is 37.2 Å². The average molecular weight is 367 g/mol. The molecule has 0 bridgehead atoms. The molecule has 6 heteroatoms. The average Bonchev–Trinajstić information content (AvgIpc) is 2.76. The highest BCUT2D eigenvalue weighted by molar-refractivity contribution is 5.88. The molecular weight excluding hydrogens is 342 g/mol. The normalized spacial score (nSPS) is 20.2. The van der Waals surface area contributed by atoms with Crippen molar-refractivity contribution in [1.29, 1.82) is 0 Å². The molecule has 1 aromatic carbocycles. The zero-order chi connectivity index (χ0) is 18.5. The van der Waals surface area contributed by atoms with Crippen LogP contribution in [0.2, 0.25) is 0 Å². The molecular formula is C21H25N3O3. The first-order chi connectivity index (χ1) is 13.3. The predicted molar refractivity (Wildman–Crippen MR) is 100 cm³/mol. The first-order valence-corrected chi connectivity index (χ1v) is 9.65. The van der Waals surface area contributed by atoms with Gasteiger partial charge in [0.05, 0.1) is 5.41 Å². The number of carbonyl (C=O) groups excluding carboxylic acids is 1. The van der Waals surface area contributed by atoms with E-state index in [2.05, 4.69) is 22.3 Å². The van der Waals surface area contributed by atoms with Gasteiger partial charge in [0.1, 0.15) is 6.10 Å². The van der Waals surface area contributed by atoms with Crippen molar-refractivity contribution in [3.8, 4) is 5.88 Å². The van der Waals surface area contributed by atoms with Crippen LogP contribution in [0.15, 0.2) is 48.7 Å². The Morgan fingerprint density at radius 3 is 2.48 bits per heavy atom. The van der Waals surface area contributed by atoms with E-state index in [0.29, 0.717) is 32.2 Å². The summed E-state index contributed by atoms with van der Waals surface area (Å²) in [6.45, 7) is 2.68. The molecule has 27 heavy (non-hydrogen) atoms. The molecule has 6 nitrogen and oxygen atoms in total. The molecule has 1 aromatic heterocycles. The van der Waals surface area contributed by atoms with Gasteiger partial charge in [0.2, 0.25) is 11.8 Å². The molecule has 4 rings (SSSR count). The van der Waals surface area contributed by atoms with Crippen LogP contribution in [0.4, 0.5) is 0 Å². The van der Waals surface area contributed by atoms with Gasteiger partial charge in [-0.3, -0.25) is 4.79 Å². The number of rotatable bonds is 4. The van der Waals surface area contributed by atoms with E-state index in [0.717, 1.165) is 31.2 Å². The van der Waals surface area contributed by atoms with Gasteiger partial charge in [-0.1, -0.05) is 30.3 Å². The van der Waals surface area contributed by atoms with E-state index in [9.17, 15) is 4.79 Å². The number of nitrogens with zero attached hydrogens (tertiary/aromatic N) is 3. The second-order valence-corrected chi connectivity index (χ2v) is 7.23. The standard InChI is InChI=1S/C21H25N3O3/c25-20(21(10-15-26-16-11-21)17-5-2-1-3-6-17)24-13-8-18(9-14-24)27-19-7-4-12-22-23-19/h1-7,12,18H,8-11,13-16H2. The Kier molecular flexibility index (Phi) is 5.34. The maximum absolute atomic E-state index is 13.5. The highest BCUT2D eigenvalue weighted by Crippen LogP contribution is 2.37. The Hall–Kier alpha value is -2.47. The van der Waals surface area contributed by atoms with Crippen molar-refractivity contribution in [2.24, 2.45) is 0 Å². The lowest BCUT2D eigenvalue weighted by molar-refractivity contribution is -0.143. The third-order valence-electron chi connectivity index (χ3n) is 5.65. The Balaban J connectivity index is 1.44. The third kappa shape index (κ3) is 3.81. The molecule has 2 aliphatic rings. The summed E-state index contributed by atoms with van der Waals surface area (Å²) in [7, 11) is 0. The van der Waals surface area contributed by atoms with E-state index in [1.54, 1.807) is 6.20 Å². The van der Waals surface area contributed by atoms with Gasteiger partial charge < -0.3 is 14.4 Å². The number of hydrogen-bond donors (Lipinski definition) is 0. The second-order valence-electron chi connectivity index (χ2n) is 7.23. The van der Waals surface area contributed by atoms with Crippen LogP contribution in [-0.2, 0) is 14.9 Å². The van der Waals surface area contributed by atoms with Crippen molar-refractivity contribution < 1.29 is 14.3 Å². The summed E-state index contributed by atoms with van der Waals surface area (Å²) >= 11 is 0. The predicted octanol–water partition coefficient (Wildman–Crippen LogP) is 2.59. The van der Waals surface area contributed by atoms with Gasteiger partial charge in [-0.05, 0) is 24.5 Å². The number of aromatic nitrogens is 2. The summed E-state index contributed by atoms with van der Waals surface area (Å²) in [6, 6.07) is 13.8. The van der Waals surface area contributed by atoms with Gasteiger partial charge in [-0.25, -0.2) is 0 Å². The van der Waals surface area contributed by atoms with Crippen LogP contribution >= 0.6 is 0 Å². The summed E-state index contributed by atoms with van der Waals surface area (Å²) in [5.74, 6) is 0.780. The lowest BCUT2D eigenvalue weighted by atomic mass is 9.72. The largest absolute Gasteiger partial charge is 0.473 e. The smallest absolute Gasteiger partial charge is 0.233 e. The van der Waals surface area contributed by atoms with E-state index in [1.807, 2.05) is 35.2 Å². The zero-order valence-corrected chi connectivity index (χ0v) is 15.4. The molecule has 142 valence electrons. The van der Waals surface area contributed by atoms with Crippen molar-refractivity contribution in [3.05, 3.63) is 54.2 Å². The molecule has 2 fully saturated rings. The van der Waals surface area contributed by atoms with Crippen molar-refractivity contribution in [1.82, 2.24) is 15.1 Å². The molecule has 0 N–H and O–H groups in total. The number of piperidine rings is 1. The zero-order valence-electron chi connectivity index (χ0n) is 15.4. The molecule has 0 atom stereocenters. The lowest BCUT2D eigenvalue weighted by Gasteiger charge is -2.42. The molecule has 1 amide bonds. The quantitative estimate of drug-likeness (QED) is 0.831. The van der Waals surface area contributed by atoms with Gasteiger partial charge in [-0.2, -0.15) is 5.10 Å². The topological polar surface area (TPSA) is 64.6 Å². The summed E-state index contributed by atoms with van der Waals surface area (Å²) < 4.78 is 11.5. The molecule has 0 saturated carbocycles. The van der Waals surface area contributed by atoms with Crippen molar-refractivity contribution in [2.75, 3.05) is 26.3 Å². The van der Waals surface area contributed by atoms with Crippen molar-refractivity contribution >= 4 is 5.91 Å². The highest BCUT2D eigenvalue weighted by atomic mass is 16.5. The summed E-state index contributed by atoms with van der Waals surface area (Å²) in [6.07, 6.45) is 4.81.